The molecule has 1 spiro atoms. The Labute approximate surface area is 431 Å². The molecule has 11 aromatic carbocycles. The largest absolute Gasteiger partial charge is 0.449 e. The molecule has 0 fully saturated rings. The zero-order chi connectivity index (χ0) is 48.9. The van der Waals surface area contributed by atoms with Gasteiger partial charge in [0.1, 0.15) is 0 Å². The van der Waals surface area contributed by atoms with E-state index in [9.17, 15) is 0 Å². The third-order valence-electron chi connectivity index (χ3n) is 17.2. The van der Waals surface area contributed by atoms with Gasteiger partial charge in [-0.25, -0.2) is 0 Å². The Morgan fingerprint density at radius 1 is 0.297 bits per heavy atom. The second-order valence-electron chi connectivity index (χ2n) is 21.0. The standard InChI is InChI=1S/C71H47NO2/c1-69(2)55-29-14-9-24-48(55)52-38-36-46(42-61(52)69)72(47-37-39-53-51-27-10-15-30-56(51)70(62(53)43-47,44-20-5-3-6-21-44)45-22-7-4-8-23-45)63-34-19-35-64-67(63)74-68-65(73-64)41-40-60-66(68)54-28-13-18-33-59(54)71(60)57-31-16-11-25-49(57)50-26-12-17-32-58(50)71/h3-43H,1-2H3. The number of ether oxygens (including phenoxy) is 2. The van der Waals surface area contributed by atoms with E-state index in [1.807, 2.05) is 6.07 Å². The highest BCUT2D eigenvalue weighted by molar-refractivity contribution is 5.99. The summed E-state index contributed by atoms with van der Waals surface area (Å²) in [6, 6.07) is 91.7. The van der Waals surface area contributed by atoms with Gasteiger partial charge in [-0.3, -0.25) is 0 Å². The number of nitrogens with zero attached hydrogens (tertiary/aromatic N) is 1. The van der Waals surface area contributed by atoms with Crippen LogP contribution in [0.15, 0.2) is 249 Å². The smallest absolute Gasteiger partial charge is 0.194 e. The summed E-state index contributed by atoms with van der Waals surface area (Å²) in [5.74, 6) is 2.77. The van der Waals surface area contributed by atoms with Crippen molar-refractivity contribution >= 4 is 17.1 Å². The number of hydrogen-bond acceptors (Lipinski definition) is 3. The van der Waals surface area contributed by atoms with Gasteiger partial charge in [0, 0.05) is 22.4 Å². The van der Waals surface area contributed by atoms with Crippen LogP contribution in [0.25, 0.3) is 44.5 Å². The van der Waals surface area contributed by atoms with Crippen LogP contribution in [0.4, 0.5) is 17.1 Å². The number of rotatable bonds is 5. The van der Waals surface area contributed by atoms with Gasteiger partial charge in [-0.15, -0.1) is 0 Å². The fourth-order valence-electron chi connectivity index (χ4n) is 14.2. The van der Waals surface area contributed by atoms with Gasteiger partial charge in [0.2, 0.25) is 0 Å². The maximum absolute atomic E-state index is 7.65. The van der Waals surface area contributed by atoms with Crippen LogP contribution in [0, 0.1) is 0 Å². The highest BCUT2D eigenvalue weighted by atomic mass is 16.6. The third-order valence-corrected chi connectivity index (χ3v) is 17.2. The molecule has 1 heterocycles. The summed E-state index contributed by atoms with van der Waals surface area (Å²) in [6.45, 7) is 4.72. The second-order valence-corrected chi connectivity index (χ2v) is 21.0. The summed E-state index contributed by atoms with van der Waals surface area (Å²) in [4.78, 5) is 2.42. The summed E-state index contributed by atoms with van der Waals surface area (Å²) in [5.41, 5.74) is 24.0. The van der Waals surface area contributed by atoms with Gasteiger partial charge >= 0.3 is 0 Å². The van der Waals surface area contributed by atoms with E-state index >= 15 is 0 Å². The molecule has 1 aliphatic heterocycles. The third kappa shape index (κ3) is 5.20. The average Bonchev–Trinajstić information content (AvgIpc) is 4.12. The zero-order valence-electron chi connectivity index (χ0n) is 40.9. The highest BCUT2D eigenvalue weighted by Gasteiger charge is 2.53. The van der Waals surface area contributed by atoms with Gasteiger partial charge in [0.05, 0.1) is 16.5 Å². The molecule has 0 bridgehead atoms. The summed E-state index contributed by atoms with van der Waals surface area (Å²) < 4.78 is 14.8. The molecule has 0 radical (unpaired) electrons. The Bertz CT molecular complexity index is 4100. The monoisotopic (exact) mass is 945 g/mol. The molecule has 0 N–H and O–H groups in total. The average molecular weight is 946 g/mol. The Kier molecular flexibility index (Phi) is 8.37. The van der Waals surface area contributed by atoms with Crippen LogP contribution in [0.5, 0.6) is 23.0 Å². The van der Waals surface area contributed by atoms with E-state index in [1.165, 1.54) is 89.0 Å². The van der Waals surface area contributed by atoms with Crippen molar-refractivity contribution in [2.45, 2.75) is 30.1 Å². The topological polar surface area (TPSA) is 21.7 Å². The molecule has 11 aromatic rings. The Morgan fingerprint density at radius 3 is 1.34 bits per heavy atom. The van der Waals surface area contributed by atoms with E-state index < -0.39 is 10.8 Å². The lowest BCUT2D eigenvalue weighted by molar-refractivity contribution is 0.361. The SMILES string of the molecule is CC1(C)c2ccccc2-c2ccc(N(c3ccc4c(c3)C(c3ccccc3)(c3ccccc3)c3ccccc3-4)c3cccc4c3Oc3c(ccc5c3-c3ccccc3C53c5ccccc5-c5ccccc53)O4)cc21. The summed E-state index contributed by atoms with van der Waals surface area (Å²) in [6.07, 6.45) is 0. The molecule has 348 valence electrons. The highest BCUT2D eigenvalue weighted by Crippen LogP contribution is 2.67. The molecule has 0 amide bonds. The van der Waals surface area contributed by atoms with Crippen LogP contribution in [0.3, 0.4) is 0 Å². The van der Waals surface area contributed by atoms with Crippen molar-refractivity contribution in [3.8, 4) is 67.5 Å². The number of hydrogen-bond donors (Lipinski definition) is 0. The van der Waals surface area contributed by atoms with Crippen molar-refractivity contribution in [1.29, 1.82) is 0 Å². The molecule has 3 nitrogen and oxygen atoms in total. The minimum absolute atomic E-state index is 0.223. The predicted molar refractivity (Wildman–Crippen MR) is 299 cm³/mol. The lowest BCUT2D eigenvalue weighted by Gasteiger charge is -2.35. The zero-order valence-corrected chi connectivity index (χ0v) is 40.9. The molecular weight excluding hydrogens is 899 g/mol. The summed E-state index contributed by atoms with van der Waals surface area (Å²) >= 11 is 0. The van der Waals surface area contributed by atoms with Gasteiger partial charge < -0.3 is 14.4 Å². The molecule has 0 atom stereocenters. The van der Waals surface area contributed by atoms with Gasteiger partial charge in [0.15, 0.2) is 23.0 Å². The summed E-state index contributed by atoms with van der Waals surface area (Å²) in [7, 11) is 0. The van der Waals surface area contributed by atoms with Gasteiger partial charge in [-0.2, -0.15) is 0 Å². The van der Waals surface area contributed by atoms with Crippen LogP contribution >= 0.6 is 0 Å². The Balaban J connectivity index is 0.937. The number of fused-ring (bicyclic) bond motifs is 19. The molecule has 0 saturated heterocycles. The van der Waals surface area contributed by atoms with Crippen LogP contribution in [-0.4, -0.2) is 0 Å². The molecule has 16 rings (SSSR count). The number of para-hydroxylation sites is 1. The van der Waals surface area contributed by atoms with E-state index in [2.05, 4.69) is 261 Å². The molecule has 5 aliphatic rings. The molecule has 4 aliphatic carbocycles. The van der Waals surface area contributed by atoms with Crippen LogP contribution in [0.2, 0.25) is 0 Å². The van der Waals surface area contributed by atoms with E-state index in [-0.39, 0.29) is 5.41 Å². The van der Waals surface area contributed by atoms with Crippen LogP contribution in [-0.2, 0) is 16.2 Å². The Morgan fingerprint density at radius 2 is 0.743 bits per heavy atom. The molecule has 0 aromatic heterocycles. The lowest BCUT2D eigenvalue weighted by Crippen LogP contribution is -2.28. The first kappa shape index (κ1) is 41.4. The van der Waals surface area contributed by atoms with Crippen molar-refractivity contribution in [3.05, 3.63) is 304 Å². The van der Waals surface area contributed by atoms with Crippen molar-refractivity contribution in [3.63, 3.8) is 0 Å². The van der Waals surface area contributed by atoms with E-state index in [0.29, 0.717) is 17.2 Å². The van der Waals surface area contributed by atoms with Crippen LogP contribution in [0.1, 0.15) is 69.5 Å². The Hall–Kier alpha value is -9.18. The maximum Gasteiger partial charge on any atom is 0.194 e. The molecule has 0 unspecified atom stereocenters. The molecule has 3 heteroatoms. The van der Waals surface area contributed by atoms with E-state index in [0.717, 1.165) is 33.9 Å². The first-order chi connectivity index (χ1) is 36.5. The maximum atomic E-state index is 7.65. The first-order valence-corrected chi connectivity index (χ1v) is 25.8. The molecular formula is C71H47NO2. The van der Waals surface area contributed by atoms with Gasteiger partial charge in [0.25, 0.3) is 0 Å². The van der Waals surface area contributed by atoms with Gasteiger partial charge in [-0.05, 0) is 137 Å². The second kappa shape index (κ2) is 14.9. The normalized spacial score (nSPS) is 15.2. The number of anilines is 3. The van der Waals surface area contributed by atoms with Crippen molar-refractivity contribution in [2.24, 2.45) is 0 Å². The summed E-state index contributed by atoms with van der Waals surface area (Å²) in [5, 5.41) is 0. The van der Waals surface area contributed by atoms with Crippen molar-refractivity contribution in [1.82, 2.24) is 0 Å². The quantitative estimate of drug-likeness (QED) is 0.172. The fraction of sp³-hybridized carbons (Fsp3) is 0.0704. The van der Waals surface area contributed by atoms with Crippen molar-refractivity contribution in [2.75, 3.05) is 4.90 Å². The van der Waals surface area contributed by atoms with E-state index in [4.69, 9.17) is 9.47 Å². The van der Waals surface area contributed by atoms with Crippen LogP contribution < -0.4 is 14.4 Å². The molecule has 0 saturated carbocycles. The number of benzene rings is 11. The minimum Gasteiger partial charge on any atom is -0.449 e. The minimum atomic E-state index is -0.590. The first-order valence-electron chi connectivity index (χ1n) is 25.8. The van der Waals surface area contributed by atoms with Gasteiger partial charge in [-0.1, -0.05) is 220 Å². The predicted octanol–water partition coefficient (Wildman–Crippen LogP) is 18.1. The fourth-order valence-corrected chi connectivity index (χ4v) is 14.2. The van der Waals surface area contributed by atoms with Crippen molar-refractivity contribution < 1.29 is 9.47 Å². The lowest BCUT2D eigenvalue weighted by atomic mass is 9.67. The van der Waals surface area contributed by atoms with E-state index in [1.54, 1.807) is 0 Å². The molecule has 74 heavy (non-hydrogen) atoms.